The molecule has 3 aromatic carbocycles. The number of halogens is 3. The SMILES string of the molecule is O=C(NC(=S)OC1O[C@H](CO)[C@@H](OCc2ccccc2)[C@H](OCc2ccccc2)[C@H]1OCc1ccccc1)C(Cl)(Cl)Cl. The first-order valence-corrected chi connectivity index (χ1v) is 14.6. The highest BCUT2D eigenvalue weighted by atomic mass is 35.6. The molecule has 0 aliphatic carbocycles. The highest BCUT2D eigenvalue weighted by molar-refractivity contribution is 7.80. The van der Waals surface area contributed by atoms with Crippen molar-refractivity contribution in [1.29, 1.82) is 0 Å². The summed E-state index contributed by atoms with van der Waals surface area (Å²) in [5.41, 5.74) is 2.72. The van der Waals surface area contributed by atoms with E-state index in [1.807, 2.05) is 91.0 Å². The zero-order valence-electron chi connectivity index (χ0n) is 22.3. The number of aliphatic hydroxyl groups excluding tert-OH is 1. The summed E-state index contributed by atoms with van der Waals surface area (Å²) in [5, 5.41) is 12.2. The van der Waals surface area contributed by atoms with Crippen LogP contribution in [-0.2, 0) is 48.3 Å². The van der Waals surface area contributed by atoms with Crippen LogP contribution in [0.15, 0.2) is 91.0 Å². The lowest BCUT2D eigenvalue weighted by Gasteiger charge is -2.45. The van der Waals surface area contributed by atoms with Gasteiger partial charge in [-0.3, -0.25) is 10.1 Å². The van der Waals surface area contributed by atoms with Crippen molar-refractivity contribution in [1.82, 2.24) is 5.32 Å². The molecule has 3 aromatic rings. The molecular weight excluding hydrogens is 625 g/mol. The third-order valence-corrected chi connectivity index (χ3v) is 7.04. The maximum absolute atomic E-state index is 12.2. The van der Waals surface area contributed by atoms with Crippen LogP contribution in [0, 0.1) is 0 Å². The topological polar surface area (TPSA) is 95.5 Å². The Morgan fingerprint density at radius 2 is 1.19 bits per heavy atom. The molecule has 4 rings (SSSR count). The summed E-state index contributed by atoms with van der Waals surface area (Å²) in [6.07, 6.45) is -4.64. The van der Waals surface area contributed by atoms with Crippen LogP contribution in [0.25, 0.3) is 0 Å². The van der Waals surface area contributed by atoms with Gasteiger partial charge in [0, 0.05) is 0 Å². The van der Waals surface area contributed by atoms with Gasteiger partial charge in [0.25, 0.3) is 14.9 Å². The Kier molecular flexibility index (Phi) is 12.4. The number of amides is 1. The molecule has 12 heteroatoms. The van der Waals surface area contributed by atoms with Crippen molar-refractivity contribution in [3.63, 3.8) is 0 Å². The summed E-state index contributed by atoms with van der Waals surface area (Å²) in [7, 11) is 0. The largest absolute Gasteiger partial charge is 0.438 e. The van der Waals surface area contributed by atoms with E-state index < -0.39 is 52.2 Å². The summed E-state index contributed by atoms with van der Waals surface area (Å²) in [6, 6.07) is 28.7. The highest BCUT2D eigenvalue weighted by Gasteiger charge is 2.50. The number of benzene rings is 3. The van der Waals surface area contributed by atoms with Crippen LogP contribution in [0.1, 0.15) is 16.7 Å². The maximum atomic E-state index is 12.2. The molecule has 1 aliphatic heterocycles. The fourth-order valence-corrected chi connectivity index (χ4v) is 4.62. The fourth-order valence-electron chi connectivity index (χ4n) is 4.29. The summed E-state index contributed by atoms with van der Waals surface area (Å²) in [4.78, 5) is 12.2. The standard InChI is InChI=1S/C30H30Cl3NO7S/c31-30(32,33)28(36)34-29(42)41-27-26(39-19-22-14-8-3-9-15-22)25(38-18-21-12-6-2-7-13-21)24(23(16-35)40-27)37-17-20-10-4-1-5-11-20/h1-15,23-27,35H,16-19H2,(H,34,36,42)/t23-,24-,25+,26-,27?/m1/s1. The number of nitrogens with one attached hydrogen (secondary N) is 1. The molecule has 42 heavy (non-hydrogen) atoms. The van der Waals surface area contributed by atoms with Gasteiger partial charge in [-0.25, -0.2) is 0 Å². The molecule has 1 saturated heterocycles. The van der Waals surface area contributed by atoms with Crippen molar-refractivity contribution >= 4 is 58.1 Å². The van der Waals surface area contributed by atoms with Gasteiger partial charge in [-0.05, 0) is 28.9 Å². The van der Waals surface area contributed by atoms with Crippen molar-refractivity contribution in [2.45, 2.75) is 54.3 Å². The van der Waals surface area contributed by atoms with Crippen molar-refractivity contribution < 1.29 is 33.6 Å². The molecule has 1 aliphatic rings. The average molecular weight is 655 g/mol. The average Bonchev–Trinajstić information content (AvgIpc) is 2.99. The van der Waals surface area contributed by atoms with Crippen LogP contribution in [-0.4, -0.2) is 57.3 Å². The molecular formula is C30H30Cl3NO7S. The van der Waals surface area contributed by atoms with Gasteiger partial charge in [0.1, 0.15) is 24.4 Å². The number of thiocarbonyl (C=S) groups is 1. The van der Waals surface area contributed by atoms with E-state index in [-0.39, 0.29) is 19.8 Å². The molecule has 0 saturated carbocycles. The molecule has 1 unspecified atom stereocenters. The van der Waals surface area contributed by atoms with Crippen molar-refractivity contribution in [3.05, 3.63) is 108 Å². The number of hydrogen-bond donors (Lipinski definition) is 2. The van der Waals surface area contributed by atoms with E-state index in [0.717, 1.165) is 16.7 Å². The predicted molar refractivity (Wildman–Crippen MR) is 163 cm³/mol. The molecule has 1 amide bonds. The molecule has 224 valence electrons. The zero-order valence-corrected chi connectivity index (χ0v) is 25.4. The van der Waals surface area contributed by atoms with E-state index in [9.17, 15) is 9.90 Å². The molecule has 0 spiro atoms. The third-order valence-electron chi connectivity index (χ3n) is 6.32. The van der Waals surface area contributed by atoms with Gasteiger partial charge in [0.05, 0.1) is 26.4 Å². The summed E-state index contributed by atoms with van der Waals surface area (Å²) < 4.78 is 28.8. The van der Waals surface area contributed by atoms with E-state index >= 15 is 0 Å². The van der Waals surface area contributed by atoms with E-state index in [0.29, 0.717) is 0 Å². The van der Waals surface area contributed by atoms with Gasteiger partial charge in [-0.2, -0.15) is 0 Å². The van der Waals surface area contributed by atoms with Crippen LogP contribution in [0.4, 0.5) is 0 Å². The number of carbonyl (C=O) groups excluding carboxylic acids is 1. The minimum absolute atomic E-state index is 0.169. The third kappa shape index (κ3) is 9.60. The lowest BCUT2D eigenvalue weighted by atomic mass is 9.98. The van der Waals surface area contributed by atoms with Gasteiger partial charge < -0.3 is 28.8 Å². The Bertz CT molecular complexity index is 1270. The van der Waals surface area contributed by atoms with E-state index in [2.05, 4.69) is 5.32 Å². The number of hydrogen-bond acceptors (Lipinski definition) is 8. The normalized spacial score (nSPS) is 22.3. The van der Waals surface area contributed by atoms with Crippen LogP contribution in [0.5, 0.6) is 0 Å². The first kappa shape index (κ1) is 32.6. The Hall–Kier alpha value is -2.31. The first-order chi connectivity index (χ1) is 20.2. The number of carbonyl (C=O) groups is 1. The van der Waals surface area contributed by atoms with E-state index in [1.54, 1.807) is 0 Å². The number of alkyl halides is 3. The van der Waals surface area contributed by atoms with Gasteiger partial charge in [0.2, 0.25) is 6.29 Å². The second-order valence-electron chi connectivity index (χ2n) is 9.37. The van der Waals surface area contributed by atoms with Crippen LogP contribution >= 0.6 is 47.0 Å². The van der Waals surface area contributed by atoms with Crippen molar-refractivity contribution in [3.8, 4) is 0 Å². The fraction of sp³-hybridized carbons (Fsp3) is 0.333. The van der Waals surface area contributed by atoms with Gasteiger partial charge in [-0.15, -0.1) is 0 Å². The number of rotatable bonds is 11. The van der Waals surface area contributed by atoms with Crippen molar-refractivity contribution in [2.75, 3.05) is 6.61 Å². The van der Waals surface area contributed by atoms with Crippen LogP contribution in [0.2, 0.25) is 0 Å². The second kappa shape index (κ2) is 16.0. The molecule has 0 radical (unpaired) electrons. The Balaban J connectivity index is 1.62. The van der Waals surface area contributed by atoms with E-state index in [4.69, 9.17) is 70.7 Å². The first-order valence-electron chi connectivity index (χ1n) is 13.1. The lowest BCUT2D eigenvalue weighted by molar-refractivity contribution is -0.311. The quantitative estimate of drug-likeness (QED) is 0.214. The minimum atomic E-state index is -2.27. The van der Waals surface area contributed by atoms with Crippen LogP contribution in [0.3, 0.4) is 0 Å². The summed E-state index contributed by atoms with van der Waals surface area (Å²) in [5.74, 6) is -1.00. The predicted octanol–water partition coefficient (Wildman–Crippen LogP) is 5.25. The van der Waals surface area contributed by atoms with Gasteiger partial charge in [0.15, 0.2) is 0 Å². The zero-order chi connectivity index (χ0) is 30.0. The smallest absolute Gasteiger partial charge is 0.279 e. The minimum Gasteiger partial charge on any atom is -0.438 e. The molecule has 5 atom stereocenters. The highest BCUT2D eigenvalue weighted by Crippen LogP contribution is 2.31. The number of aliphatic hydroxyl groups is 1. The molecule has 1 heterocycles. The van der Waals surface area contributed by atoms with Gasteiger partial charge >= 0.3 is 0 Å². The Labute approximate surface area is 264 Å². The molecule has 0 aromatic heterocycles. The lowest BCUT2D eigenvalue weighted by Crippen LogP contribution is -2.62. The monoisotopic (exact) mass is 653 g/mol. The van der Waals surface area contributed by atoms with Gasteiger partial charge in [-0.1, -0.05) is 126 Å². The molecule has 1 fully saturated rings. The Morgan fingerprint density at radius 3 is 1.62 bits per heavy atom. The van der Waals surface area contributed by atoms with E-state index in [1.165, 1.54) is 0 Å². The second-order valence-corrected chi connectivity index (χ2v) is 12.0. The maximum Gasteiger partial charge on any atom is 0.279 e. The number of ether oxygens (including phenoxy) is 5. The summed E-state index contributed by atoms with van der Waals surface area (Å²) in [6.45, 7) is 0.179. The Morgan fingerprint density at radius 1 is 0.762 bits per heavy atom. The molecule has 2 N–H and O–H groups in total. The summed E-state index contributed by atoms with van der Waals surface area (Å²) >= 11 is 22.2. The van der Waals surface area contributed by atoms with Crippen molar-refractivity contribution in [2.24, 2.45) is 0 Å². The van der Waals surface area contributed by atoms with Crippen LogP contribution < -0.4 is 5.32 Å². The molecule has 8 nitrogen and oxygen atoms in total. The molecule has 0 bridgehead atoms.